The summed E-state index contributed by atoms with van der Waals surface area (Å²) in [6.07, 6.45) is 2.99. The fraction of sp³-hybridized carbons (Fsp3) is 0.419. The lowest BCUT2D eigenvalue weighted by molar-refractivity contribution is -0.120. The number of anilines is 1. The van der Waals surface area contributed by atoms with E-state index in [1.807, 2.05) is 63.2 Å². The van der Waals surface area contributed by atoms with Gasteiger partial charge in [0.05, 0.1) is 11.6 Å². The second-order valence-corrected chi connectivity index (χ2v) is 16.2. The van der Waals surface area contributed by atoms with Crippen LogP contribution in [0.15, 0.2) is 83.2 Å². The molecular weight excluding hydrogens is 660 g/mol. The maximum absolute atomic E-state index is 14.3. The minimum Gasteiger partial charge on any atom is -0.490 e. The molecular formula is C43H49ClN2O5. The standard InChI is InChI=1S/C43H49ClN2O5/c1-8-50-36-20-29(19-30(44)41(36)51-25-37(49)45-31-18-26(2)14-15-27(31)3)38-39-32(21-42(4,5)23-34(39)47)46(17-16-28-12-10-9-11-13-28)33-22-43(6,7)24-35(48)40(33)38/h9-15,18-20,38H,8,16-17,21-25H2,1-7H3,(H,45,49). The van der Waals surface area contributed by atoms with Gasteiger partial charge >= 0.3 is 0 Å². The summed E-state index contributed by atoms with van der Waals surface area (Å²) in [5.74, 6) is -0.203. The van der Waals surface area contributed by atoms with Crippen molar-refractivity contribution in [3.05, 3.63) is 110 Å². The number of hydrogen-bond acceptors (Lipinski definition) is 6. The van der Waals surface area contributed by atoms with Gasteiger partial charge in [0.15, 0.2) is 29.7 Å². The summed E-state index contributed by atoms with van der Waals surface area (Å²) in [6.45, 7) is 15.1. The normalized spacial score (nSPS) is 18.4. The lowest BCUT2D eigenvalue weighted by Gasteiger charge is -2.49. The molecule has 0 fully saturated rings. The van der Waals surface area contributed by atoms with Crippen LogP contribution in [0.1, 0.15) is 88.5 Å². The third kappa shape index (κ3) is 7.79. The van der Waals surface area contributed by atoms with Crippen LogP contribution < -0.4 is 14.8 Å². The predicted octanol–water partition coefficient (Wildman–Crippen LogP) is 9.30. The van der Waals surface area contributed by atoms with Gasteiger partial charge in [-0.2, -0.15) is 0 Å². The Labute approximate surface area is 307 Å². The molecule has 1 amide bonds. The van der Waals surface area contributed by atoms with E-state index < -0.39 is 5.92 Å². The molecule has 3 aliphatic rings. The molecule has 1 aliphatic heterocycles. The molecule has 7 nitrogen and oxygen atoms in total. The molecule has 3 aromatic carbocycles. The van der Waals surface area contributed by atoms with E-state index in [0.29, 0.717) is 61.3 Å². The summed E-state index contributed by atoms with van der Waals surface area (Å²) < 4.78 is 12.1. The fourth-order valence-electron chi connectivity index (χ4n) is 7.89. The van der Waals surface area contributed by atoms with Crippen LogP contribution in [0.25, 0.3) is 0 Å². The first-order valence-corrected chi connectivity index (χ1v) is 18.3. The number of hydrogen-bond donors (Lipinski definition) is 1. The number of amides is 1. The second-order valence-electron chi connectivity index (χ2n) is 15.8. The SMILES string of the molecule is CCOc1cc(C2C3=C(CC(C)(C)CC3=O)N(CCc3ccccc3)C3=C2C(=O)CC(C)(C)C3)cc(Cl)c1OCC(=O)Nc1cc(C)ccc1C. The maximum Gasteiger partial charge on any atom is 0.262 e. The first-order valence-electron chi connectivity index (χ1n) is 18.0. The lowest BCUT2D eigenvalue weighted by atomic mass is 9.63. The zero-order chi connectivity index (χ0) is 36.7. The number of carbonyl (C=O) groups is 3. The van der Waals surface area contributed by atoms with Crippen molar-refractivity contribution in [3.8, 4) is 11.5 Å². The van der Waals surface area contributed by atoms with Crippen LogP contribution in [-0.4, -0.2) is 42.1 Å². The Morgan fingerprint density at radius 1 is 0.863 bits per heavy atom. The molecule has 2 aliphatic carbocycles. The summed E-state index contributed by atoms with van der Waals surface area (Å²) in [6, 6.07) is 19.8. The van der Waals surface area contributed by atoms with E-state index >= 15 is 0 Å². The molecule has 1 heterocycles. The summed E-state index contributed by atoms with van der Waals surface area (Å²) in [5, 5.41) is 3.17. The van der Waals surface area contributed by atoms with Gasteiger partial charge in [-0.25, -0.2) is 0 Å². The molecule has 51 heavy (non-hydrogen) atoms. The number of nitrogens with one attached hydrogen (secondary N) is 1. The molecule has 3 aromatic rings. The number of halogens is 1. The largest absolute Gasteiger partial charge is 0.490 e. The molecule has 0 unspecified atom stereocenters. The number of benzene rings is 3. The fourth-order valence-corrected chi connectivity index (χ4v) is 8.16. The Bertz CT molecular complexity index is 1890. The molecule has 0 radical (unpaired) electrons. The molecule has 6 rings (SSSR count). The number of rotatable bonds is 10. The Balaban J connectivity index is 1.41. The molecule has 0 spiro atoms. The van der Waals surface area contributed by atoms with Gasteiger partial charge in [0.2, 0.25) is 0 Å². The summed E-state index contributed by atoms with van der Waals surface area (Å²) in [7, 11) is 0. The molecule has 0 bridgehead atoms. The number of Topliss-reactive ketones (excluding diaryl/α,β-unsaturated/α-hetero) is 2. The van der Waals surface area contributed by atoms with E-state index in [1.165, 1.54) is 5.56 Å². The van der Waals surface area contributed by atoms with Crippen LogP contribution in [-0.2, 0) is 20.8 Å². The smallest absolute Gasteiger partial charge is 0.262 e. The van der Waals surface area contributed by atoms with Gasteiger partial charge < -0.3 is 19.7 Å². The van der Waals surface area contributed by atoms with E-state index in [1.54, 1.807) is 6.07 Å². The first kappa shape index (κ1) is 36.4. The van der Waals surface area contributed by atoms with E-state index in [-0.39, 0.29) is 45.7 Å². The van der Waals surface area contributed by atoms with Gasteiger partial charge in [0, 0.05) is 53.5 Å². The van der Waals surface area contributed by atoms with Gasteiger partial charge in [-0.1, -0.05) is 81.8 Å². The van der Waals surface area contributed by atoms with Gasteiger partial charge in [0.25, 0.3) is 5.91 Å². The van der Waals surface area contributed by atoms with Crippen molar-refractivity contribution in [2.75, 3.05) is 25.1 Å². The van der Waals surface area contributed by atoms with Crippen molar-refractivity contribution in [1.82, 2.24) is 4.90 Å². The number of allylic oxidation sites excluding steroid dienone is 4. The highest BCUT2D eigenvalue weighted by atomic mass is 35.5. The van der Waals surface area contributed by atoms with Crippen LogP contribution >= 0.6 is 11.6 Å². The van der Waals surface area contributed by atoms with E-state index in [4.69, 9.17) is 21.1 Å². The summed E-state index contributed by atoms with van der Waals surface area (Å²) >= 11 is 6.99. The molecule has 0 saturated carbocycles. The Morgan fingerprint density at radius 2 is 1.49 bits per heavy atom. The van der Waals surface area contributed by atoms with Crippen LogP contribution in [0.4, 0.5) is 5.69 Å². The van der Waals surface area contributed by atoms with Crippen LogP contribution in [0, 0.1) is 24.7 Å². The quantitative estimate of drug-likeness (QED) is 0.226. The second kappa shape index (κ2) is 14.3. The number of carbonyl (C=O) groups excluding carboxylic acids is 3. The minimum atomic E-state index is -0.589. The highest BCUT2D eigenvalue weighted by molar-refractivity contribution is 6.32. The average Bonchev–Trinajstić information content (AvgIpc) is 3.04. The average molecular weight is 709 g/mol. The van der Waals surface area contributed by atoms with Crippen molar-refractivity contribution in [1.29, 1.82) is 0 Å². The first-order chi connectivity index (χ1) is 24.2. The zero-order valence-corrected chi connectivity index (χ0v) is 31.6. The predicted molar refractivity (Wildman–Crippen MR) is 202 cm³/mol. The Morgan fingerprint density at radius 3 is 2.10 bits per heavy atom. The molecule has 0 aromatic heterocycles. The summed E-state index contributed by atoms with van der Waals surface area (Å²) in [5.41, 5.74) is 7.49. The van der Waals surface area contributed by atoms with Crippen LogP contribution in [0.5, 0.6) is 11.5 Å². The van der Waals surface area contributed by atoms with Crippen molar-refractivity contribution >= 4 is 34.8 Å². The van der Waals surface area contributed by atoms with Crippen molar-refractivity contribution in [3.63, 3.8) is 0 Å². The summed E-state index contributed by atoms with van der Waals surface area (Å²) in [4.78, 5) is 44.0. The van der Waals surface area contributed by atoms with Crippen molar-refractivity contribution < 1.29 is 23.9 Å². The van der Waals surface area contributed by atoms with Crippen molar-refractivity contribution in [2.24, 2.45) is 10.8 Å². The number of aryl methyl sites for hydroxylation is 2. The van der Waals surface area contributed by atoms with Crippen molar-refractivity contribution in [2.45, 2.75) is 86.5 Å². The number of nitrogens with zero attached hydrogens (tertiary/aromatic N) is 1. The number of ether oxygens (including phenoxy) is 2. The molecule has 0 atom stereocenters. The topological polar surface area (TPSA) is 84.9 Å². The Kier molecular flexibility index (Phi) is 10.2. The molecule has 0 saturated heterocycles. The molecule has 1 N–H and O–H groups in total. The van der Waals surface area contributed by atoms with Crippen LogP contribution in [0.2, 0.25) is 5.02 Å². The third-order valence-corrected chi connectivity index (χ3v) is 10.4. The van der Waals surface area contributed by atoms with E-state index in [9.17, 15) is 14.4 Å². The molecule has 8 heteroatoms. The van der Waals surface area contributed by atoms with Gasteiger partial charge in [-0.15, -0.1) is 0 Å². The lowest BCUT2D eigenvalue weighted by Crippen LogP contribution is -2.45. The third-order valence-electron chi connectivity index (χ3n) is 10.2. The van der Waals surface area contributed by atoms with Gasteiger partial charge in [0.1, 0.15) is 0 Å². The highest BCUT2D eigenvalue weighted by Gasteiger charge is 2.49. The van der Waals surface area contributed by atoms with Gasteiger partial charge in [-0.05, 0) is 91.3 Å². The zero-order valence-electron chi connectivity index (χ0n) is 30.9. The maximum atomic E-state index is 14.3. The monoisotopic (exact) mass is 708 g/mol. The van der Waals surface area contributed by atoms with E-state index in [2.05, 4.69) is 50.0 Å². The van der Waals surface area contributed by atoms with E-state index in [0.717, 1.165) is 34.6 Å². The molecule has 268 valence electrons. The van der Waals surface area contributed by atoms with Crippen LogP contribution in [0.3, 0.4) is 0 Å². The minimum absolute atomic E-state index is 0.0534. The number of ketones is 2. The highest BCUT2D eigenvalue weighted by Crippen LogP contribution is 2.55. The Hall–Kier alpha value is -4.36. The van der Waals surface area contributed by atoms with Gasteiger partial charge in [-0.3, -0.25) is 14.4 Å².